The summed E-state index contributed by atoms with van der Waals surface area (Å²) in [5.74, 6) is 1.67. The van der Waals surface area contributed by atoms with Crippen molar-refractivity contribution >= 4 is 51.3 Å². The summed E-state index contributed by atoms with van der Waals surface area (Å²) in [5, 5.41) is 19.3. The molecule has 0 unspecified atom stereocenters. The number of hydrogen-bond acceptors (Lipinski definition) is 7. The maximum Gasteiger partial charge on any atom is 0.250 e. The first kappa shape index (κ1) is 21.7. The molecule has 0 radical (unpaired) electrons. The summed E-state index contributed by atoms with van der Waals surface area (Å²) in [6.45, 7) is 1.85. The number of anilines is 1. The van der Waals surface area contributed by atoms with E-state index in [0.717, 1.165) is 38.4 Å². The molecule has 5 aromatic rings. The van der Waals surface area contributed by atoms with E-state index in [9.17, 15) is 4.79 Å². The van der Waals surface area contributed by atoms with Crippen LogP contribution in [0.1, 0.15) is 11.6 Å². The zero-order chi connectivity index (χ0) is 23.5. The number of rotatable bonds is 5. The van der Waals surface area contributed by atoms with Crippen molar-refractivity contribution in [3.8, 4) is 21.9 Å². The molecule has 168 valence electrons. The van der Waals surface area contributed by atoms with E-state index in [1.54, 1.807) is 10.6 Å². The van der Waals surface area contributed by atoms with E-state index >= 15 is 0 Å². The van der Waals surface area contributed by atoms with Gasteiger partial charge in [-0.1, -0.05) is 53.8 Å². The third-order valence-electron chi connectivity index (χ3n) is 4.83. The fraction of sp³-hybridized carbons (Fsp3) is 0.0417. The van der Waals surface area contributed by atoms with Crippen LogP contribution in [0.5, 0.6) is 0 Å². The molecule has 2 N–H and O–H groups in total. The first-order chi connectivity index (χ1) is 16.5. The lowest BCUT2D eigenvalue weighted by Crippen LogP contribution is -2.32. The maximum absolute atomic E-state index is 12.3. The van der Waals surface area contributed by atoms with E-state index < -0.39 is 0 Å². The van der Waals surface area contributed by atoms with Crippen molar-refractivity contribution in [2.45, 2.75) is 6.92 Å². The van der Waals surface area contributed by atoms with E-state index in [-0.39, 0.29) is 11.0 Å². The average Bonchev–Trinajstić information content (AvgIpc) is 3.56. The normalized spacial score (nSPS) is 11.2. The number of thiocarbonyl (C=S) groups is 1. The zero-order valence-electron chi connectivity index (χ0n) is 17.9. The molecule has 0 fully saturated rings. The first-order valence-corrected chi connectivity index (χ1v) is 11.5. The molecule has 0 spiro atoms. The molecule has 1 amide bonds. The lowest BCUT2D eigenvalue weighted by atomic mass is 10.2. The largest absolute Gasteiger partial charge is 0.457 e. The van der Waals surface area contributed by atoms with E-state index in [4.69, 9.17) is 16.6 Å². The summed E-state index contributed by atoms with van der Waals surface area (Å²) in [6, 6.07) is 21.0. The second kappa shape index (κ2) is 9.38. The number of furan rings is 1. The second-order valence-electron chi connectivity index (χ2n) is 7.27. The van der Waals surface area contributed by atoms with Crippen LogP contribution < -0.4 is 10.6 Å². The van der Waals surface area contributed by atoms with Crippen LogP contribution in [0.3, 0.4) is 0 Å². The number of aryl methyl sites for hydroxylation is 1. The number of carbonyl (C=O) groups is 1. The van der Waals surface area contributed by atoms with Gasteiger partial charge in [0.05, 0.1) is 0 Å². The minimum atomic E-state index is -0.365. The Morgan fingerprint density at radius 1 is 1.06 bits per heavy atom. The van der Waals surface area contributed by atoms with Gasteiger partial charge in [0.25, 0.3) is 0 Å². The summed E-state index contributed by atoms with van der Waals surface area (Å²) in [5.41, 5.74) is 2.60. The van der Waals surface area contributed by atoms with Crippen molar-refractivity contribution in [2.75, 3.05) is 5.32 Å². The van der Waals surface area contributed by atoms with Crippen LogP contribution in [-0.4, -0.2) is 30.8 Å². The number of carbonyl (C=O) groups excluding carboxylic acids is 1. The van der Waals surface area contributed by atoms with Crippen LogP contribution in [0, 0.1) is 6.92 Å². The van der Waals surface area contributed by atoms with Crippen molar-refractivity contribution in [3.05, 3.63) is 84.4 Å². The van der Waals surface area contributed by atoms with Gasteiger partial charge >= 0.3 is 0 Å². The highest BCUT2D eigenvalue weighted by atomic mass is 32.1. The lowest BCUT2D eigenvalue weighted by molar-refractivity contribution is -0.115. The first-order valence-electron chi connectivity index (χ1n) is 10.3. The smallest absolute Gasteiger partial charge is 0.250 e. The highest BCUT2D eigenvalue weighted by Crippen LogP contribution is 2.27. The lowest BCUT2D eigenvalue weighted by Gasteiger charge is -2.09. The van der Waals surface area contributed by atoms with Crippen LogP contribution in [0.2, 0.25) is 0 Å². The summed E-state index contributed by atoms with van der Waals surface area (Å²) >= 11 is 6.74. The molecule has 5 rings (SSSR count). The van der Waals surface area contributed by atoms with Gasteiger partial charge in [-0.25, -0.2) is 0 Å². The molecule has 10 heteroatoms. The number of benzene rings is 2. The molecule has 34 heavy (non-hydrogen) atoms. The number of nitrogens with zero attached hydrogens (tertiary/aromatic N) is 4. The minimum absolute atomic E-state index is 0.185. The third-order valence-corrected chi connectivity index (χ3v) is 5.99. The van der Waals surface area contributed by atoms with Crippen LogP contribution in [0.4, 0.5) is 5.69 Å². The van der Waals surface area contributed by atoms with E-state index in [1.807, 2.05) is 73.7 Å². The van der Waals surface area contributed by atoms with Crippen molar-refractivity contribution in [2.24, 2.45) is 0 Å². The van der Waals surface area contributed by atoms with Crippen molar-refractivity contribution in [3.63, 3.8) is 0 Å². The summed E-state index contributed by atoms with van der Waals surface area (Å²) < 4.78 is 7.48. The summed E-state index contributed by atoms with van der Waals surface area (Å²) in [6.07, 6.45) is 2.97. The van der Waals surface area contributed by atoms with Gasteiger partial charge in [-0.3, -0.25) is 10.1 Å². The molecular formula is C24H18N6O2S2. The quantitative estimate of drug-likeness (QED) is 0.268. The Kier molecular flexibility index (Phi) is 5.98. The number of nitrogens with one attached hydrogen (secondary N) is 2. The summed E-state index contributed by atoms with van der Waals surface area (Å²) in [4.78, 5) is 13.0. The van der Waals surface area contributed by atoms with Gasteiger partial charge in [-0.05, 0) is 49.5 Å². The fourth-order valence-electron chi connectivity index (χ4n) is 3.24. The van der Waals surface area contributed by atoms with Gasteiger partial charge in [0, 0.05) is 22.9 Å². The van der Waals surface area contributed by atoms with Crippen LogP contribution >= 0.6 is 23.6 Å². The molecule has 0 aliphatic rings. The molecule has 2 aromatic carbocycles. The number of amides is 1. The van der Waals surface area contributed by atoms with Crippen molar-refractivity contribution < 1.29 is 9.21 Å². The fourth-order valence-corrected chi connectivity index (χ4v) is 4.33. The molecule has 3 heterocycles. The minimum Gasteiger partial charge on any atom is -0.457 e. The number of aromatic nitrogens is 4. The molecule has 0 saturated carbocycles. The Bertz CT molecular complexity index is 1520. The van der Waals surface area contributed by atoms with E-state index in [2.05, 4.69) is 25.9 Å². The molecule has 0 aliphatic carbocycles. The summed E-state index contributed by atoms with van der Waals surface area (Å²) in [7, 11) is 0. The highest BCUT2D eigenvalue weighted by molar-refractivity contribution is 7.80. The maximum atomic E-state index is 12.3. The SMILES string of the molecule is Cc1nnc2sc(-c3cccc(NC(=S)NC(=O)/C=C/c4ccc(-c5ccccc5)o4)c3)nn12. The molecule has 0 aliphatic heterocycles. The molecule has 0 atom stereocenters. The number of hydrogen-bond donors (Lipinski definition) is 2. The third kappa shape index (κ3) is 4.77. The predicted octanol–water partition coefficient (Wildman–Crippen LogP) is 4.95. The van der Waals surface area contributed by atoms with Crippen LogP contribution in [0.25, 0.3) is 32.9 Å². The van der Waals surface area contributed by atoms with E-state index in [1.165, 1.54) is 17.4 Å². The second-order valence-corrected chi connectivity index (χ2v) is 8.64. The Morgan fingerprint density at radius 2 is 1.88 bits per heavy atom. The van der Waals surface area contributed by atoms with Gasteiger partial charge in [-0.2, -0.15) is 9.61 Å². The van der Waals surface area contributed by atoms with E-state index in [0.29, 0.717) is 5.76 Å². The zero-order valence-corrected chi connectivity index (χ0v) is 19.6. The predicted molar refractivity (Wildman–Crippen MR) is 136 cm³/mol. The topological polar surface area (TPSA) is 97.3 Å². The van der Waals surface area contributed by atoms with Gasteiger partial charge in [0.15, 0.2) is 10.9 Å². The molecular weight excluding hydrogens is 468 g/mol. The van der Waals surface area contributed by atoms with Gasteiger partial charge < -0.3 is 9.73 Å². The van der Waals surface area contributed by atoms with Crippen LogP contribution in [0.15, 0.2) is 77.2 Å². The molecule has 3 aromatic heterocycles. The number of fused-ring (bicyclic) bond motifs is 1. The Morgan fingerprint density at radius 3 is 2.71 bits per heavy atom. The van der Waals surface area contributed by atoms with Crippen molar-refractivity contribution in [1.82, 2.24) is 25.1 Å². The molecule has 8 nitrogen and oxygen atoms in total. The standard InChI is InChI=1S/C24H18N6O2S2/c1-15-27-28-24-30(15)29-22(34-24)17-8-5-9-18(14-17)25-23(33)26-21(31)13-11-19-10-12-20(32-19)16-6-3-2-4-7-16/h2-14H,1H3,(H2,25,26,31,33)/b13-11+. The molecule has 0 bridgehead atoms. The van der Waals surface area contributed by atoms with Gasteiger partial charge in [-0.15, -0.1) is 10.2 Å². The van der Waals surface area contributed by atoms with Gasteiger partial charge in [0.1, 0.15) is 16.5 Å². The monoisotopic (exact) mass is 486 g/mol. The highest BCUT2D eigenvalue weighted by Gasteiger charge is 2.11. The Balaban J connectivity index is 1.20. The molecule has 0 saturated heterocycles. The Labute approximate surface area is 204 Å². The Hall–Kier alpha value is -4.15. The van der Waals surface area contributed by atoms with Gasteiger partial charge in [0.2, 0.25) is 10.9 Å². The average molecular weight is 487 g/mol. The van der Waals surface area contributed by atoms with Crippen LogP contribution in [-0.2, 0) is 4.79 Å². The van der Waals surface area contributed by atoms with Crippen molar-refractivity contribution in [1.29, 1.82) is 0 Å².